The van der Waals surface area contributed by atoms with Gasteiger partial charge in [0.1, 0.15) is 59.8 Å². The summed E-state index contributed by atoms with van der Waals surface area (Å²) in [6, 6.07) is 15.8. The Morgan fingerprint density at radius 1 is 0.525 bits per heavy atom. The molecule has 4 heterocycles. The molecule has 2 saturated heterocycles. The lowest BCUT2D eigenvalue weighted by atomic mass is 9.96. The Hall–Kier alpha value is -6.19. The van der Waals surface area contributed by atoms with Crippen LogP contribution >= 0.6 is 11.8 Å². The zero-order valence-corrected chi connectivity index (χ0v) is 34.7. The molecule has 0 N–H and O–H groups in total. The highest BCUT2D eigenvalue weighted by atomic mass is 32.2. The number of thioether (sulfide) groups is 1. The summed E-state index contributed by atoms with van der Waals surface area (Å²) in [7, 11) is 0. The van der Waals surface area contributed by atoms with Gasteiger partial charge in [-0.05, 0) is 0 Å². The summed E-state index contributed by atoms with van der Waals surface area (Å²) in [5.74, 6) is -4.32. The van der Waals surface area contributed by atoms with E-state index in [0.717, 1.165) is 11.8 Å². The molecule has 0 unspecified atom stereocenters. The first-order chi connectivity index (χ1) is 29.2. The molecule has 2 aromatic heterocycles. The molecule has 0 saturated carbocycles. The number of esters is 6. The molecule has 2 aliphatic rings. The summed E-state index contributed by atoms with van der Waals surface area (Å²) < 4.78 is 50.2. The van der Waals surface area contributed by atoms with Crippen LogP contribution in [0.1, 0.15) is 53.6 Å². The van der Waals surface area contributed by atoms with Crippen molar-refractivity contribution in [1.29, 1.82) is 0 Å². The van der Waals surface area contributed by atoms with E-state index in [-0.39, 0.29) is 0 Å². The minimum atomic E-state index is -1.36. The highest BCUT2D eigenvalue weighted by Gasteiger charge is 2.57. The zero-order chi connectivity index (χ0) is 43.8. The SMILES string of the molecule is CC(=O)OC[C@H]1O[C@@H](S[C@@H]2O[C@H](COC(C)=O)[C@H](OC(C)=O)[C@H](n3cc(-c4ccccc4)nn3)[C@H]2OC(C)=O)[C@H](OC(C)=O)[C@@H](n2cc(-c3ccccc3)nn2)[C@H]1OC(C)=O. The maximum absolute atomic E-state index is 13.0. The van der Waals surface area contributed by atoms with Crippen LogP contribution in [0.4, 0.5) is 0 Å². The van der Waals surface area contributed by atoms with Gasteiger partial charge in [-0.1, -0.05) is 82.9 Å². The van der Waals surface area contributed by atoms with E-state index in [4.69, 9.17) is 37.9 Å². The van der Waals surface area contributed by atoms with Crippen molar-refractivity contribution < 1.29 is 66.7 Å². The molecular weight excluding hydrogens is 821 g/mol. The summed E-state index contributed by atoms with van der Waals surface area (Å²) in [5.41, 5.74) is -0.346. The normalized spacial score (nSPS) is 26.0. The van der Waals surface area contributed by atoms with Crippen molar-refractivity contribution in [3.63, 3.8) is 0 Å². The molecule has 61 heavy (non-hydrogen) atoms. The first kappa shape index (κ1) is 44.4. The lowest BCUT2D eigenvalue weighted by Crippen LogP contribution is -2.61. The molecule has 0 spiro atoms. The fourth-order valence-electron chi connectivity index (χ4n) is 7.05. The molecular formula is C40H44N6O14S. The molecule has 4 aromatic rings. The van der Waals surface area contributed by atoms with Gasteiger partial charge < -0.3 is 37.9 Å². The van der Waals surface area contributed by atoms with Gasteiger partial charge in [0.15, 0.2) is 24.4 Å². The third-order valence-corrected chi connectivity index (χ3v) is 10.7. The Morgan fingerprint density at radius 3 is 1.20 bits per heavy atom. The summed E-state index contributed by atoms with van der Waals surface area (Å²) in [6.07, 6.45) is -4.58. The molecule has 2 fully saturated rings. The average molecular weight is 865 g/mol. The largest absolute Gasteiger partial charge is 0.463 e. The number of carbonyl (C=O) groups is 6. The lowest BCUT2D eigenvalue weighted by molar-refractivity contribution is -0.217. The monoisotopic (exact) mass is 864 g/mol. The first-order valence-corrected chi connectivity index (χ1v) is 20.0. The van der Waals surface area contributed by atoms with Crippen molar-refractivity contribution in [2.24, 2.45) is 0 Å². The topological polar surface area (TPSA) is 238 Å². The standard InChI is InChI=1S/C40H44N6O14S/c1-21(47)53-19-31-35(55-23(3)49)33(45-17-29(41-43-45)27-13-9-7-10-14-27)37(57-25(5)51)39(59-31)61-40-38(58-26(6)52)34(36(56-24(4)50)32(60-40)20-54-22(2)48)46-18-30(42-44-46)28-15-11-8-12-16-28/h7-18,31-40H,19-20H2,1-6H3/t31-,32-,33+,34+,35+,36+,37-,38-,39+,40+/m1/s1. The predicted molar refractivity (Wildman–Crippen MR) is 209 cm³/mol. The van der Waals surface area contributed by atoms with Crippen molar-refractivity contribution in [3.05, 3.63) is 73.1 Å². The van der Waals surface area contributed by atoms with Crippen LogP contribution in [0.2, 0.25) is 0 Å². The van der Waals surface area contributed by atoms with Gasteiger partial charge in [-0.2, -0.15) is 0 Å². The highest BCUT2D eigenvalue weighted by Crippen LogP contribution is 2.46. The molecule has 0 bridgehead atoms. The van der Waals surface area contributed by atoms with Gasteiger partial charge in [0.25, 0.3) is 0 Å². The van der Waals surface area contributed by atoms with E-state index in [1.54, 1.807) is 12.4 Å². The van der Waals surface area contributed by atoms with Gasteiger partial charge in [0.2, 0.25) is 0 Å². The Balaban J connectivity index is 1.48. The predicted octanol–water partition coefficient (Wildman–Crippen LogP) is 3.02. The van der Waals surface area contributed by atoms with Crippen molar-refractivity contribution in [2.45, 2.75) is 101 Å². The number of benzene rings is 2. The fourth-order valence-corrected chi connectivity index (χ4v) is 8.47. The van der Waals surface area contributed by atoms with Crippen LogP contribution in [-0.2, 0) is 66.7 Å². The van der Waals surface area contributed by atoms with Gasteiger partial charge in [0.05, 0.1) is 12.4 Å². The molecule has 20 nitrogen and oxygen atoms in total. The van der Waals surface area contributed by atoms with E-state index in [2.05, 4.69) is 20.6 Å². The first-order valence-electron chi connectivity index (χ1n) is 19.0. The third-order valence-electron chi connectivity index (χ3n) is 9.38. The molecule has 324 valence electrons. The number of hydrogen-bond acceptors (Lipinski definition) is 19. The molecule has 10 atom stereocenters. The zero-order valence-electron chi connectivity index (χ0n) is 33.9. The van der Waals surface area contributed by atoms with E-state index in [1.807, 2.05) is 60.7 Å². The van der Waals surface area contributed by atoms with Crippen LogP contribution < -0.4 is 0 Å². The number of hydrogen-bond donors (Lipinski definition) is 0. The maximum Gasteiger partial charge on any atom is 0.303 e. The number of rotatable bonds is 14. The van der Waals surface area contributed by atoms with Gasteiger partial charge in [-0.15, -0.1) is 10.2 Å². The minimum absolute atomic E-state index is 0.428. The second-order valence-electron chi connectivity index (χ2n) is 14.0. The number of aromatic nitrogens is 6. The van der Waals surface area contributed by atoms with Crippen LogP contribution in [0.3, 0.4) is 0 Å². The van der Waals surface area contributed by atoms with Crippen LogP contribution in [0.5, 0.6) is 0 Å². The van der Waals surface area contributed by atoms with Crippen molar-refractivity contribution >= 4 is 47.6 Å². The second kappa shape index (κ2) is 19.9. The molecule has 2 aromatic carbocycles. The lowest BCUT2D eigenvalue weighted by Gasteiger charge is -2.48. The van der Waals surface area contributed by atoms with Crippen LogP contribution in [0.15, 0.2) is 73.1 Å². The highest BCUT2D eigenvalue weighted by molar-refractivity contribution is 8.00. The number of ether oxygens (including phenoxy) is 8. The van der Waals surface area contributed by atoms with Crippen LogP contribution in [0, 0.1) is 0 Å². The van der Waals surface area contributed by atoms with E-state index in [0.29, 0.717) is 22.5 Å². The smallest absolute Gasteiger partial charge is 0.303 e. The van der Waals surface area contributed by atoms with E-state index < -0.39 is 109 Å². The summed E-state index contributed by atoms with van der Waals surface area (Å²) in [5, 5.41) is 17.4. The van der Waals surface area contributed by atoms with E-state index >= 15 is 0 Å². The van der Waals surface area contributed by atoms with Gasteiger partial charge in [-0.25, -0.2) is 9.36 Å². The molecule has 2 aliphatic heterocycles. The molecule has 21 heteroatoms. The summed E-state index contributed by atoms with van der Waals surface area (Å²) >= 11 is 0.879. The average Bonchev–Trinajstić information content (AvgIpc) is 3.90. The third kappa shape index (κ3) is 11.2. The quantitative estimate of drug-likeness (QED) is 0.131. The number of carbonyl (C=O) groups excluding carboxylic acids is 6. The Kier molecular flexibility index (Phi) is 14.5. The van der Waals surface area contributed by atoms with Crippen LogP contribution in [-0.4, -0.2) is 127 Å². The molecule has 0 aliphatic carbocycles. The maximum atomic E-state index is 13.0. The Bertz CT molecular complexity index is 2040. The number of nitrogens with zero attached hydrogens (tertiary/aromatic N) is 6. The van der Waals surface area contributed by atoms with E-state index in [9.17, 15) is 28.8 Å². The van der Waals surface area contributed by atoms with Crippen molar-refractivity contribution in [1.82, 2.24) is 30.0 Å². The minimum Gasteiger partial charge on any atom is -0.463 e. The summed E-state index contributed by atoms with van der Waals surface area (Å²) in [4.78, 5) is 75.6. The molecule has 0 amide bonds. The van der Waals surface area contributed by atoms with Crippen LogP contribution in [0.25, 0.3) is 22.5 Å². The van der Waals surface area contributed by atoms with E-state index in [1.165, 1.54) is 50.9 Å². The van der Waals surface area contributed by atoms with Crippen molar-refractivity contribution in [3.8, 4) is 22.5 Å². The second-order valence-corrected chi connectivity index (χ2v) is 15.2. The van der Waals surface area contributed by atoms with Gasteiger partial charge in [0, 0.05) is 52.7 Å². The Labute approximate surface area is 353 Å². The van der Waals surface area contributed by atoms with Crippen molar-refractivity contribution in [2.75, 3.05) is 13.2 Å². The fraction of sp³-hybridized carbons (Fsp3) is 0.450. The molecule has 0 radical (unpaired) electrons. The summed E-state index contributed by atoms with van der Waals surface area (Å²) in [6.45, 7) is 6.21. The van der Waals surface area contributed by atoms with Gasteiger partial charge >= 0.3 is 35.8 Å². The van der Waals surface area contributed by atoms with Gasteiger partial charge in [-0.3, -0.25) is 28.8 Å². The Morgan fingerprint density at radius 2 is 0.869 bits per heavy atom. The molecule has 6 rings (SSSR count).